The molecule has 0 aromatic heterocycles. The second kappa shape index (κ2) is 9.44. The number of carbonyl (C=O) groups excluding carboxylic acids is 2. The van der Waals surface area contributed by atoms with Gasteiger partial charge in [-0.25, -0.2) is 13.2 Å². The van der Waals surface area contributed by atoms with Crippen LogP contribution < -0.4 is 5.32 Å². The number of piperazine rings is 1. The maximum absolute atomic E-state index is 13.0. The number of nitrogens with one attached hydrogen (secondary N) is 1. The molecule has 0 spiro atoms. The Kier molecular flexibility index (Phi) is 7.73. The third-order valence-corrected chi connectivity index (χ3v) is 6.91. The number of hydrogen-bond donors (Lipinski definition) is 1. The van der Waals surface area contributed by atoms with Crippen molar-refractivity contribution >= 4 is 33.6 Å². The molecule has 0 bridgehead atoms. The summed E-state index contributed by atoms with van der Waals surface area (Å²) in [6.07, 6.45) is -5.49. The number of ether oxygens (including phenoxy) is 1. The van der Waals surface area contributed by atoms with E-state index < -0.39 is 50.3 Å². The third-order valence-electron chi connectivity index (χ3n) is 4.53. The fourth-order valence-electron chi connectivity index (χ4n) is 2.99. The van der Waals surface area contributed by atoms with Gasteiger partial charge < -0.3 is 15.0 Å². The van der Waals surface area contributed by atoms with Crippen LogP contribution in [-0.2, 0) is 25.7 Å². The Morgan fingerprint density at radius 1 is 1.12 bits per heavy atom. The summed E-state index contributed by atoms with van der Waals surface area (Å²) in [5.74, 6) is -0.440. The van der Waals surface area contributed by atoms with E-state index in [1.807, 2.05) is 0 Å². The molecule has 8 nitrogen and oxygen atoms in total. The van der Waals surface area contributed by atoms with Crippen molar-refractivity contribution in [2.45, 2.75) is 50.4 Å². The zero-order valence-electron chi connectivity index (χ0n) is 18.0. The summed E-state index contributed by atoms with van der Waals surface area (Å²) in [5, 5.41) is 2.09. The minimum Gasteiger partial charge on any atom is -0.444 e. The summed E-state index contributed by atoms with van der Waals surface area (Å²) in [6, 6.07) is 1.19. The third kappa shape index (κ3) is 6.48. The molecular formula is C19H25ClF3N3O5S. The lowest BCUT2D eigenvalue weighted by atomic mass is 10.2. The molecule has 13 heteroatoms. The molecule has 180 valence electrons. The molecule has 32 heavy (non-hydrogen) atoms. The Bertz CT molecular complexity index is 971. The summed E-state index contributed by atoms with van der Waals surface area (Å²) >= 11 is 5.88. The summed E-state index contributed by atoms with van der Waals surface area (Å²) in [5.41, 5.74) is -1.87. The Hall–Kier alpha value is -2.05. The van der Waals surface area contributed by atoms with Gasteiger partial charge in [0.25, 0.3) is 0 Å². The van der Waals surface area contributed by atoms with Crippen molar-refractivity contribution in [1.29, 1.82) is 0 Å². The van der Waals surface area contributed by atoms with Gasteiger partial charge in [0.1, 0.15) is 16.5 Å². The van der Waals surface area contributed by atoms with Gasteiger partial charge in [0.15, 0.2) is 0 Å². The van der Waals surface area contributed by atoms with E-state index in [9.17, 15) is 31.2 Å². The van der Waals surface area contributed by atoms with Crippen LogP contribution >= 0.6 is 11.6 Å². The molecule has 2 rings (SSSR count). The van der Waals surface area contributed by atoms with Gasteiger partial charge in [-0.05, 0) is 45.9 Å². The summed E-state index contributed by atoms with van der Waals surface area (Å²) in [4.78, 5) is 25.1. The number of carbonyl (C=O) groups is 2. The minimum atomic E-state index is -4.72. The van der Waals surface area contributed by atoms with Crippen LogP contribution in [0.1, 0.15) is 33.3 Å². The first kappa shape index (κ1) is 26.2. The van der Waals surface area contributed by atoms with Crippen molar-refractivity contribution in [3.8, 4) is 0 Å². The molecule has 1 aromatic rings. The van der Waals surface area contributed by atoms with Crippen molar-refractivity contribution in [2.24, 2.45) is 0 Å². The van der Waals surface area contributed by atoms with E-state index in [1.54, 1.807) is 20.8 Å². The van der Waals surface area contributed by atoms with E-state index in [4.69, 9.17) is 16.3 Å². The fraction of sp³-hybridized carbons (Fsp3) is 0.579. The van der Waals surface area contributed by atoms with Crippen LogP contribution in [0.15, 0.2) is 23.1 Å². The van der Waals surface area contributed by atoms with E-state index in [2.05, 4.69) is 5.32 Å². The molecule has 0 aliphatic carbocycles. The number of sulfonamides is 1. The maximum atomic E-state index is 13.0. The van der Waals surface area contributed by atoms with Crippen molar-refractivity contribution in [1.82, 2.24) is 14.5 Å². The molecule has 1 aliphatic heterocycles. The lowest BCUT2D eigenvalue weighted by Gasteiger charge is -2.35. The molecule has 0 unspecified atom stereocenters. The molecule has 1 atom stereocenters. The van der Waals surface area contributed by atoms with Crippen LogP contribution in [0, 0.1) is 0 Å². The highest BCUT2D eigenvalue weighted by Gasteiger charge is 2.36. The second-order valence-corrected chi connectivity index (χ2v) is 10.6. The topological polar surface area (TPSA) is 96.0 Å². The lowest BCUT2D eigenvalue weighted by Crippen LogP contribution is -2.55. The zero-order valence-corrected chi connectivity index (χ0v) is 19.6. The molecule has 1 heterocycles. The van der Waals surface area contributed by atoms with Gasteiger partial charge in [0, 0.05) is 26.2 Å². The second-order valence-electron chi connectivity index (χ2n) is 8.24. The highest BCUT2D eigenvalue weighted by atomic mass is 35.5. The average molecular weight is 500 g/mol. The van der Waals surface area contributed by atoms with Gasteiger partial charge in [-0.1, -0.05) is 11.6 Å². The van der Waals surface area contributed by atoms with Gasteiger partial charge in [0.2, 0.25) is 15.9 Å². The van der Waals surface area contributed by atoms with Crippen LogP contribution in [0.4, 0.5) is 18.0 Å². The number of benzene rings is 1. The van der Waals surface area contributed by atoms with Crippen LogP contribution in [0.5, 0.6) is 0 Å². The first-order chi connectivity index (χ1) is 14.5. The Balaban J connectivity index is 2.06. The van der Waals surface area contributed by atoms with E-state index in [0.717, 1.165) is 10.4 Å². The molecule has 1 fully saturated rings. The average Bonchev–Trinajstić information content (AvgIpc) is 2.65. The monoisotopic (exact) mass is 499 g/mol. The van der Waals surface area contributed by atoms with Gasteiger partial charge in [0.05, 0.1) is 10.6 Å². The van der Waals surface area contributed by atoms with Crippen LogP contribution in [0.2, 0.25) is 5.02 Å². The summed E-state index contributed by atoms with van der Waals surface area (Å²) in [7, 11) is -4.31. The van der Waals surface area contributed by atoms with E-state index in [1.165, 1.54) is 11.8 Å². The molecule has 1 N–H and O–H groups in total. The first-order valence-corrected chi connectivity index (χ1v) is 11.5. The van der Waals surface area contributed by atoms with E-state index >= 15 is 0 Å². The van der Waals surface area contributed by atoms with Crippen LogP contribution in [-0.4, -0.2) is 67.4 Å². The largest absolute Gasteiger partial charge is 0.444 e. The van der Waals surface area contributed by atoms with Gasteiger partial charge >= 0.3 is 12.3 Å². The number of amides is 2. The molecule has 1 aromatic carbocycles. The predicted octanol–water partition coefficient (Wildman–Crippen LogP) is 3.10. The Morgan fingerprint density at radius 3 is 2.19 bits per heavy atom. The number of rotatable bonds is 4. The summed E-state index contributed by atoms with van der Waals surface area (Å²) in [6.45, 7) is 6.21. The first-order valence-electron chi connectivity index (χ1n) is 9.67. The molecule has 0 radical (unpaired) electrons. The summed E-state index contributed by atoms with van der Waals surface area (Å²) < 4.78 is 70.8. The zero-order chi connectivity index (χ0) is 24.5. The van der Waals surface area contributed by atoms with Crippen LogP contribution in [0.3, 0.4) is 0 Å². The quantitative estimate of drug-likeness (QED) is 0.686. The number of alkyl halides is 3. The van der Waals surface area contributed by atoms with Gasteiger partial charge in [-0.3, -0.25) is 4.79 Å². The Morgan fingerprint density at radius 2 is 1.69 bits per heavy atom. The molecule has 0 saturated carbocycles. The van der Waals surface area contributed by atoms with Crippen molar-refractivity contribution in [3.05, 3.63) is 28.8 Å². The lowest BCUT2D eigenvalue weighted by molar-refractivity contribution is -0.137. The molecule has 1 saturated heterocycles. The van der Waals surface area contributed by atoms with Crippen LogP contribution in [0.25, 0.3) is 0 Å². The highest BCUT2D eigenvalue weighted by molar-refractivity contribution is 7.89. The van der Waals surface area contributed by atoms with Crippen molar-refractivity contribution in [3.63, 3.8) is 0 Å². The minimum absolute atomic E-state index is 0.00498. The molecule has 2 amide bonds. The SMILES string of the molecule is C[C@@H](NC(=O)OC(C)(C)C)C(=O)N1CCN(S(=O)(=O)c2cc(C(F)(F)F)ccc2Cl)CC1. The van der Waals surface area contributed by atoms with E-state index in [-0.39, 0.29) is 31.2 Å². The normalized spacial score (nSPS) is 17.1. The standard InChI is InChI=1S/C19H25ClF3N3O5S/c1-12(24-17(28)31-18(2,3)4)16(27)25-7-9-26(10-8-25)32(29,30)15-11-13(19(21,22)23)5-6-14(15)20/h5-6,11-12H,7-10H2,1-4H3,(H,24,28)/t12-/m1/s1. The number of nitrogens with zero attached hydrogens (tertiary/aromatic N) is 2. The smallest absolute Gasteiger partial charge is 0.416 e. The molecule has 1 aliphatic rings. The predicted molar refractivity (Wildman–Crippen MR) is 111 cm³/mol. The van der Waals surface area contributed by atoms with E-state index in [0.29, 0.717) is 12.1 Å². The van der Waals surface area contributed by atoms with Gasteiger partial charge in [-0.15, -0.1) is 0 Å². The van der Waals surface area contributed by atoms with Crippen molar-refractivity contribution in [2.75, 3.05) is 26.2 Å². The molecular weight excluding hydrogens is 475 g/mol. The van der Waals surface area contributed by atoms with Gasteiger partial charge in [-0.2, -0.15) is 17.5 Å². The number of alkyl carbamates (subject to hydrolysis) is 1. The highest BCUT2D eigenvalue weighted by Crippen LogP contribution is 2.34. The Labute approximate surface area is 189 Å². The fourth-order valence-corrected chi connectivity index (χ4v) is 4.91. The maximum Gasteiger partial charge on any atom is 0.416 e. The van der Waals surface area contributed by atoms with Crippen molar-refractivity contribution < 1.29 is 35.9 Å². The number of hydrogen-bond acceptors (Lipinski definition) is 5. The number of halogens is 4.